The van der Waals surface area contributed by atoms with Crippen LogP contribution >= 0.6 is 0 Å². The van der Waals surface area contributed by atoms with Crippen molar-refractivity contribution in [1.82, 2.24) is 4.90 Å². The van der Waals surface area contributed by atoms with E-state index in [-0.39, 0.29) is 5.91 Å². The number of rotatable bonds is 4. The highest BCUT2D eigenvalue weighted by Crippen LogP contribution is 2.20. The zero-order valence-electron chi connectivity index (χ0n) is 10.1. The molecule has 2 rings (SSSR count). The summed E-state index contributed by atoms with van der Waals surface area (Å²) in [7, 11) is 0. The minimum absolute atomic E-state index is 0.305. The van der Waals surface area contributed by atoms with Crippen LogP contribution in [0.25, 0.3) is 0 Å². The Balaban J connectivity index is 2.09. The van der Waals surface area contributed by atoms with Crippen molar-refractivity contribution in [1.29, 1.82) is 0 Å². The standard InChI is InChI=1S/C13H16N2O3/c14-12(16)4-6-15-5-3-9-1-2-10(13(17)18)7-11(9)8-15/h1-2,7H,3-6,8H2,(H2,14,16)(H,17,18). The molecule has 0 radical (unpaired) electrons. The van der Waals surface area contributed by atoms with Gasteiger partial charge in [0.15, 0.2) is 0 Å². The Morgan fingerprint density at radius 2 is 2.11 bits per heavy atom. The van der Waals surface area contributed by atoms with E-state index >= 15 is 0 Å². The average Bonchev–Trinajstić information content (AvgIpc) is 2.35. The van der Waals surface area contributed by atoms with Crippen molar-refractivity contribution < 1.29 is 14.7 Å². The molecule has 1 aromatic carbocycles. The lowest BCUT2D eigenvalue weighted by atomic mass is 9.97. The summed E-state index contributed by atoms with van der Waals surface area (Å²) in [5.74, 6) is -1.22. The molecule has 1 aromatic rings. The van der Waals surface area contributed by atoms with Crippen LogP contribution in [0, 0.1) is 0 Å². The molecule has 0 spiro atoms. The molecule has 18 heavy (non-hydrogen) atoms. The third-order valence-corrected chi connectivity index (χ3v) is 3.22. The van der Waals surface area contributed by atoms with Crippen molar-refractivity contribution in [2.45, 2.75) is 19.4 Å². The second-order valence-electron chi connectivity index (χ2n) is 4.53. The number of hydrogen-bond acceptors (Lipinski definition) is 3. The number of primary amides is 1. The van der Waals surface area contributed by atoms with Gasteiger partial charge in [0.05, 0.1) is 5.56 Å². The maximum absolute atomic E-state index is 10.9. The first-order valence-electron chi connectivity index (χ1n) is 5.92. The lowest BCUT2D eigenvalue weighted by Gasteiger charge is -2.28. The highest BCUT2D eigenvalue weighted by atomic mass is 16.4. The SMILES string of the molecule is NC(=O)CCN1CCc2ccc(C(=O)O)cc2C1. The predicted octanol–water partition coefficient (Wildman–Crippen LogP) is 0.618. The van der Waals surface area contributed by atoms with E-state index in [0.29, 0.717) is 25.1 Å². The van der Waals surface area contributed by atoms with Crippen molar-refractivity contribution in [2.75, 3.05) is 13.1 Å². The Morgan fingerprint density at radius 1 is 1.33 bits per heavy atom. The van der Waals surface area contributed by atoms with Crippen LogP contribution < -0.4 is 5.73 Å². The number of aromatic carboxylic acids is 1. The number of amides is 1. The van der Waals surface area contributed by atoms with Crippen LogP contribution in [0.15, 0.2) is 18.2 Å². The summed E-state index contributed by atoms with van der Waals surface area (Å²) in [6.45, 7) is 2.20. The van der Waals surface area contributed by atoms with E-state index in [1.165, 1.54) is 5.56 Å². The summed E-state index contributed by atoms with van der Waals surface area (Å²) in [5, 5.41) is 8.95. The first-order valence-corrected chi connectivity index (χ1v) is 5.92. The van der Waals surface area contributed by atoms with Gasteiger partial charge in [-0.2, -0.15) is 0 Å². The highest BCUT2D eigenvalue weighted by molar-refractivity contribution is 5.87. The van der Waals surface area contributed by atoms with Crippen molar-refractivity contribution in [3.05, 3.63) is 34.9 Å². The minimum atomic E-state index is -0.910. The van der Waals surface area contributed by atoms with Crippen LogP contribution in [0.4, 0.5) is 0 Å². The molecule has 5 nitrogen and oxygen atoms in total. The topological polar surface area (TPSA) is 83.6 Å². The highest BCUT2D eigenvalue weighted by Gasteiger charge is 2.17. The number of benzene rings is 1. The second kappa shape index (κ2) is 5.18. The summed E-state index contributed by atoms with van der Waals surface area (Å²) >= 11 is 0. The van der Waals surface area contributed by atoms with Gasteiger partial charge in [-0.3, -0.25) is 9.69 Å². The van der Waals surface area contributed by atoms with E-state index in [4.69, 9.17) is 10.8 Å². The number of carboxylic acids is 1. The lowest BCUT2D eigenvalue weighted by molar-refractivity contribution is -0.118. The van der Waals surface area contributed by atoms with Crippen molar-refractivity contribution in [2.24, 2.45) is 5.73 Å². The molecule has 5 heteroatoms. The number of fused-ring (bicyclic) bond motifs is 1. The summed E-state index contributed by atoms with van der Waals surface area (Å²) in [4.78, 5) is 23.8. The fraction of sp³-hybridized carbons (Fsp3) is 0.385. The molecule has 96 valence electrons. The molecule has 1 aliphatic heterocycles. The molecule has 0 atom stereocenters. The summed E-state index contributed by atoms with van der Waals surface area (Å²) in [6, 6.07) is 5.23. The second-order valence-corrected chi connectivity index (χ2v) is 4.53. The molecule has 0 fully saturated rings. The molecule has 0 unspecified atom stereocenters. The van der Waals surface area contributed by atoms with Crippen molar-refractivity contribution >= 4 is 11.9 Å². The van der Waals surface area contributed by atoms with Gasteiger partial charge >= 0.3 is 5.97 Å². The Morgan fingerprint density at radius 3 is 2.78 bits per heavy atom. The first-order chi connectivity index (χ1) is 8.56. The van der Waals surface area contributed by atoms with Crippen molar-refractivity contribution in [3.63, 3.8) is 0 Å². The number of carbonyl (C=O) groups excluding carboxylic acids is 1. The van der Waals surface area contributed by atoms with E-state index in [1.807, 2.05) is 6.07 Å². The van der Waals surface area contributed by atoms with Crippen LogP contribution in [0.1, 0.15) is 27.9 Å². The van der Waals surface area contributed by atoms with Gasteiger partial charge in [-0.1, -0.05) is 6.07 Å². The molecular weight excluding hydrogens is 232 g/mol. The molecule has 1 aliphatic rings. The number of nitrogens with two attached hydrogens (primary N) is 1. The maximum atomic E-state index is 10.9. The fourth-order valence-corrected chi connectivity index (χ4v) is 2.21. The van der Waals surface area contributed by atoms with E-state index in [2.05, 4.69) is 4.90 Å². The van der Waals surface area contributed by atoms with Gasteiger partial charge in [0, 0.05) is 26.1 Å². The van der Waals surface area contributed by atoms with Gasteiger partial charge in [-0.15, -0.1) is 0 Å². The number of carbonyl (C=O) groups is 2. The van der Waals surface area contributed by atoms with Gasteiger partial charge in [-0.05, 0) is 29.7 Å². The van der Waals surface area contributed by atoms with Crippen LogP contribution in [0.2, 0.25) is 0 Å². The zero-order chi connectivity index (χ0) is 13.1. The van der Waals surface area contributed by atoms with Gasteiger partial charge in [-0.25, -0.2) is 4.79 Å². The third kappa shape index (κ3) is 2.87. The van der Waals surface area contributed by atoms with Crippen LogP contribution in [-0.2, 0) is 17.8 Å². The number of hydrogen-bond donors (Lipinski definition) is 2. The molecule has 0 aromatic heterocycles. The third-order valence-electron chi connectivity index (χ3n) is 3.22. The lowest BCUT2D eigenvalue weighted by Crippen LogP contribution is -2.33. The van der Waals surface area contributed by atoms with E-state index in [1.54, 1.807) is 12.1 Å². The van der Waals surface area contributed by atoms with Crippen LogP contribution in [0.5, 0.6) is 0 Å². The fourth-order valence-electron chi connectivity index (χ4n) is 2.21. The van der Waals surface area contributed by atoms with Crippen LogP contribution in [0.3, 0.4) is 0 Å². The monoisotopic (exact) mass is 248 g/mol. The van der Waals surface area contributed by atoms with Gasteiger partial charge < -0.3 is 10.8 Å². The minimum Gasteiger partial charge on any atom is -0.478 e. The first kappa shape index (κ1) is 12.6. The maximum Gasteiger partial charge on any atom is 0.335 e. The molecule has 0 saturated heterocycles. The summed E-state index contributed by atoms with van der Waals surface area (Å²) in [6.07, 6.45) is 1.22. The molecule has 1 amide bonds. The van der Waals surface area contributed by atoms with Gasteiger partial charge in [0.2, 0.25) is 5.91 Å². The average molecular weight is 248 g/mol. The Kier molecular flexibility index (Phi) is 3.62. The van der Waals surface area contributed by atoms with E-state index < -0.39 is 5.97 Å². The van der Waals surface area contributed by atoms with Crippen LogP contribution in [-0.4, -0.2) is 35.0 Å². The smallest absolute Gasteiger partial charge is 0.335 e. The zero-order valence-corrected chi connectivity index (χ0v) is 10.1. The van der Waals surface area contributed by atoms with E-state index in [9.17, 15) is 9.59 Å². The Bertz CT molecular complexity index is 485. The number of carboxylic acid groups (broad SMARTS) is 1. The molecule has 3 N–H and O–H groups in total. The largest absolute Gasteiger partial charge is 0.478 e. The van der Waals surface area contributed by atoms with Gasteiger partial charge in [0.25, 0.3) is 0 Å². The molecule has 0 saturated carbocycles. The normalized spacial score (nSPS) is 15.1. The Labute approximate surface area is 105 Å². The quantitative estimate of drug-likeness (QED) is 0.818. The molecular formula is C13H16N2O3. The number of nitrogens with zero attached hydrogens (tertiary/aromatic N) is 1. The summed E-state index contributed by atoms with van der Waals surface area (Å²) < 4.78 is 0. The van der Waals surface area contributed by atoms with E-state index in [0.717, 1.165) is 18.5 Å². The molecule has 0 aliphatic carbocycles. The Hall–Kier alpha value is -1.88. The molecule has 1 heterocycles. The van der Waals surface area contributed by atoms with Gasteiger partial charge in [0.1, 0.15) is 0 Å². The van der Waals surface area contributed by atoms with Crippen molar-refractivity contribution in [3.8, 4) is 0 Å². The summed E-state index contributed by atoms with van der Waals surface area (Å²) in [5.41, 5.74) is 7.66. The molecule has 0 bridgehead atoms. The predicted molar refractivity (Wildman–Crippen MR) is 66.2 cm³/mol.